The summed E-state index contributed by atoms with van der Waals surface area (Å²) in [5, 5.41) is 0. The topological polar surface area (TPSA) is 29.3 Å². The molecule has 78 valence electrons. The highest BCUT2D eigenvalue weighted by Gasteiger charge is 2.54. The van der Waals surface area contributed by atoms with Gasteiger partial charge < -0.3 is 5.73 Å². The predicted octanol–water partition coefficient (Wildman–Crippen LogP) is 1.85. The smallest absolute Gasteiger partial charge is 0.0356 e. The molecule has 13 heavy (non-hydrogen) atoms. The lowest BCUT2D eigenvalue weighted by Gasteiger charge is -2.44. The van der Waals surface area contributed by atoms with E-state index in [0.29, 0.717) is 5.41 Å². The number of rotatable bonds is 5. The largest absolute Gasteiger partial charge is 0.329 e. The predicted molar refractivity (Wildman–Crippen MR) is 57.7 cm³/mol. The Morgan fingerprint density at radius 1 is 1.31 bits per heavy atom. The lowest BCUT2D eigenvalue weighted by atomic mass is 9.82. The zero-order valence-corrected chi connectivity index (χ0v) is 9.56. The number of hydrogen-bond acceptors (Lipinski definition) is 2. The van der Waals surface area contributed by atoms with E-state index in [1.807, 2.05) is 0 Å². The minimum Gasteiger partial charge on any atom is -0.329 e. The van der Waals surface area contributed by atoms with Crippen LogP contribution in [0.1, 0.15) is 40.5 Å². The average Bonchev–Trinajstić information content (AvgIpc) is 2.87. The van der Waals surface area contributed by atoms with Crippen LogP contribution in [0.4, 0.5) is 0 Å². The highest BCUT2D eigenvalue weighted by atomic mass is 15.2. The molecule has 1 fully saturated rings. The Bertz CT molecular complexity index is 171. The summed E-state index contributed by atoms with van der Waals surface area (Å²) in [6, 6.07) is 0. The van der Waals surface area contributed by atoms with Crippen LogP contribution in [0.25, 0.3) is 0 Å². The van der Waals surface area contributed by atoms with Gasteiger partial charge in [-0.1, -0.05) is 20.8 Å². The van der Waals surface area contributed by atoms with Gasteiger partial charge in [0, 0.05) is 12.1 Å². The van der Waals surface area contributed by atoms with E-state index in [1.165, 1.54) is 12.8 Å². The molecule has 2 nitrogen and oxygen atoms in total. The van der Waals surface area contributed by atoms with Gasteiger partial charge in [-0.25, -0.2) is 0 Å². The maximum Gasteiger partial charge on any atom is 0.0356 e. The van der Waals surface area contributed by atoms with Crippen molar-refractivity contribution in [3.05, 3.63) is 0 Å². The molecule has 2 N–H and O–H groups in total. The highest BCUT2D eigenvalue weighted by Crippen LogP contribution is 2.55. The number of nitrogens with zero attached hydrogens (tertiary/aromatic N) is 1. The van der Waals surface area contributed by atoms with Gasteiger partial charge in [-0.15, -0.1) is 0 Å². The highest BCUT2D eigenvalue weighted by molar-refractivity contribution is 5.09. The number of hydrogen-bond donors (Lipinski definition) is 1. The molecule has 0 aliphatic heterocycles. The minimum absolute atomic E-state index is 0.219. The van der Waals surface area contributed by atoms with Gasteiger partial charge in [0.15, 0.2) is 0 Å². The van der Waals surface area contributed by atoms with Gasteiger partial charge in [-0.3, -0.25) is 4.90 Å². The van der Waals surface area contributed by atoms with Crippen LogP contribution in [-0.2, 0) is 0 Å². The summed E-state index contributed by atoms with van der Waals surface area (Å²) in [4.78, 5) is 2.51. The van der Waals surface area contributed by atoms with Crippen LogP contribution >= 0.6 is 0 Å². The molecular formula is C11H24N2. The first kappa shape index (κ1) is 11.0. The van der Waals surface area contributed by atoms with Gasteiger partial charge in [-0.2, -0.15) is 0 Å². The summed E-state index contributed by atoms with van der Waals surface area (Å²) in [6.07, 6.45) is 2.69. The molecule has 0 aromatic heterocycles. The molecule has 0 amide bonds. The van der Waals surface area contributed by atoms with Gasteiger partial charge in [0.1, 0.15) is 0 Å². The van der Waals surface area contributed by atoms with Crippen LogP contribution < -0.4 is 5.73 Å². The molecule has 1 saturated carbocycles. The molecule has 0 aromatic rings. The van der Waals surface area contributed by atoms with Crippen molar-refractivity contribution in [2.45, 2.75) is 46.1 Å². The summed E-state index contributed by atoms with van der Waals surface area (Å²) in [5.74, 6) is 0. The van der Waals surface area contributed by atoms with E-state index < -0.39 is 0 Å². The maximum absolute atomic E-state index is 5.94. The van der Waals surface area contributed by atoms with Gasteiger partial charge in [0.2, 0.25) is 0 Å². The van der Waals surface area contributed by atoms with E-state index in [1.54, 1.807) is 0 Å². The molecule has 1 unspecified atom stereocenters. The van der Waals surface area contributed by atoms with Crippen molar-refractivity contribution < 1.29 is 0 Å². The molecular weight excluding hydrogens is 160 g/mol. The summed E-state index contributed by atoms with van der Waals surface area (Å²) >= 11 is 0. The maximum atomic E-state index is 5.94. The summed E-state index contributed by atoms with van der Waals surface area (Å²) in [6.45, 7) is 12.2. The molecule has 1 rings (SSSR count). The Balaban J connectivity index is 2.78. The third-order valence-corrected chi connectivity index (χ3v) is 4.16. The normalized spacial score (nSPS) is 24.5. The van der Waals surface area contributed by atoms with E-state index in [2.05, 4.69) is 32.6 Å². The summed E-state index contributed by atoms with van der Waals surface area (Å²) < 4.78 is 0. The monoisotopic (exact) mass is 184 g/mol. The van der Waals surface area contributed by atoms with Crippen molar-refractivity contribution in [3.8, 4) is 0 Å². The third-order valence-electron chi connectivity index (χ3n) is 4.16. The third kappa shape index (κ3) is 1.62. The molecule has 0 saturated heterocycles. The molecule has 1 aliphatic carbocycles. The second-order valence-electron chi connectivity index (χ2n) is 4.71. The average molecular weight is 184 g/mol. The molecule has 2 heteroatoms. The Hall–Kier alpha value is -0.0800. The number of nitrogens with two attached hydrogens (primary N) is 1. The van der Waals surface area contributed by atoms with Crippen molar-refractivity contribution in [2.24, 2.45) is 11.1 Å². The van der Waals surface area contributed by atoms with Gasteiger partial charge in [0.05, 0.1) is 0 Å². The van der Waals surface area contributed by atoms with E-state index in [9.17, 15) is 0 Å². The molecule has 0 heterocycles. The van der Waals surface area contributed by atoms with Gasteiger partial charge in [-0.05, 0) is 38.3 Å². The van der Waals surface area contributed by atoms with Crippen molar-refractivity contribution in [1.82, 2.24) is 4.90 Å². The zero-order chi connectivity index (χ0) is 10.1. The van der Waals surface area contributed by atoms with Crippen molar-refractivity contribution >= 4 is 0 Å². The van der Waals surface area contributed by atoms with Crippen LogP contribution in [0.15, 0.2) is 0 Å². The first-order valence-electron chi connectivity index (χ1n) is 5.49. The second-order valence-corrected chi connectivity index (χ2v) is 4.71. The quantitative estimate of drug-likeness (QED) is 0.706. The minimum atomic E-state index is 0.219. The van der Waals surface area contributed by atoms with E-state index >= 15 is 0 Å². The number of likely N-dealkylation sites (N-methyl/N-ethyl adjacent to an activating group) is 1. The fourth-order valence-corrected chi connectivity index (χ4v) is 2.40. The van der Waals surface area contributed by atoms with E-state index in [4.69, 9.17) is 5.73 Å². The Labute approximate surface area is 82.5 Å². The van der Waals surface area contributed by atoms with E-state index in [-0.39, 0.29) is 5.54 Å². The van der Waals surface area contributed by atoms with Crippen molar-refractivity contribution in [1.29, 1.82) is 0 Å². The van der Waals surface area contributed by atoms with Crippen LogP contribution in [-0.4, -0.2) is 30.1 Å². The van der Waals surface area contributed by atoms with Crippen LogP contribution in [0.2, 0.25) is 0 Å². The molecule has 0 aromatic carbocycles. The fourth-order valence-electron chi connectivity index (χ4n) is 2.40. The first-order chi connectivity index (χ1) is 6.04. The Morgan fingerprint density at radius 3 is 2.00 bits per heavy atom. The summed E-state index contributed by atoms with van der Waals surface area (Å²) in [7, 11) is 0. The van der Waals surface area contributed by atoms with Gasteiger partial charge >= 0.3 is 0 Å². The van der Waals surface area contributed by atoms with Crippen LogP contribution in [0, 0.1) is 5.41 Å². The molecule has 0 radical (unpaired) electrons. The Kier molecular flexibility index (Phi) is 3.03. The SMILES string of the molecule is CCN(CC)C(C)(CN)C1(C)CC1. The lowest BCUT2D eigenvalue weighted by Crippen LogP contribution is -2.56. The molecule has 1 aliphatic rings. The lowest BCUT2D eigenvalue weighted by molar-refractivity contribution is 0.0574. The first-order valence-corrected chi connectivity index (χ1v) is 5.49. The van der Waals surface area contributed by atoms with Crippen molar-refractivity contribution in [2.75, 3.05) is 19.6 Å². The van der Waals surface area contributed by atoms with Crippen LogP contribution in [0.5, 0.6) is 0 Å². The summed E-state index contributed by atoms with van der Waals surface area (Å²) in [5.41, 5.74) is 6.64. The van der Waals surface area contributed by atoms with Crippen LogP contribution in [0.3, 0.4) is 0 Å². The van der Waals surface area contributed by atoms with Gasteiger partial charge in [0.25, 0.3) is 0 Å². The molecule has 0 bridgehead atoms. The standard InChI is InChI=1S/C11H24N2/c1-5-13(6-2)11(4,9-12)10(3)7-8-10/h5-9,12H2,1-4H3. The molecule has 1 atom stereocenters. The van der Waals surface area contributed by atoms with E-state index in [0.717, 1.165) is 19.6 Å². The van der Waals surface area contributed by atoms with Crippen molar-refractivity contribution in [3.63, 3.8) is 0 Å². The fraction of sp³-hybridized carbons (Fsp3) is 1.00. The molecule has 0 spiro atoms. The Morgan fingerprint density at radius 2 is 1.77 bits per heavy atom. The second kappa shape index (κ2) is 3.58. The zero-order valence-electron chi connectivity index (χ0n) is 9.56.